The van der Waals surface area contributed by atoms with E-state index in [0.29, 0.717) is 12.3 Å². The Bertz CT molecular complexity index is 472. The van der Waals surface area contributed by atoms with Crippen LogP contribution in [0.15, 0.2) is 18.2 Å². The van der Waals surface area contributed by atoms with Gasteiger partial charge in [-0.3, -0.25) is 0 Å². The smallest absolute Gasteiger partial charge is 0.126 e. The fourth-order valence-electron chi connectivity index (χ4n) is 2.38. The van der Waals surface area contributed by atoms with Crippen molar-refractivity contribution in [1.29, 1.82) is 0 Å². The van der Waals surface area contributed by atoms with Crippen LogP contribution in [0.4, 0.5) is 5.69 Å². The van der Waals surface area contributed by atoms with Gasteiger partial charge in [0.2, 0.25) is 0 Å². The normalized spacial score (nSPS) is 15.7. The lowest BCUT2D eigenvalue weighted by molar-refractivity contribution is 0.194. The van der Waals surface area contributed by atoms with Crippen molar-refractivity contribution in [1.82, 2.24) is 0 Å². The Morgan fingerprint density at radius 1 is 1.53 bits per heavy atom. The molecule has 1 aromatic rings. The topological polar surface area (TPSA) is 32.7 Å². The highest BCUT2D eigenvalue weighted by Crippen LogP contribution is 2.37. The van der Waals surface area contributed by atoms with Gasteiger partial charge in [-0.1, -0.05) is 12.0 Å². The molecule has 3 heteroatoms. The van der Waals surface area contributed by atoms with Crippen LogP contribution in [0, 0.1) is 18.3 Å². The highest BCUT2D eigenvalue weighted by atomic mass is 16.5. The van der Waals surface area contributed by atoms with Crippen molar-refractivity contribution < 1.29 is 9.84 Å². The molecule has 2 rings (SSSR count). The maximum Gasteiger partial charge on any atom is 0.126 e. The van der Waals surface area contributed by atoms with Crippen LogP contribution in [-0.4, -0.2) is 25.3 Å². The minimum atomic E-state index is -0.578. The van der Waals surface area contributed by atoms with Gasteiger partial charge in [-0.15, -0.1) is 6.42 Å². The van der Waals surface area contributed by atoms with Crippen molar-refractivity contribution in [2.75, 3.05) is 25.1 Å². The van der Waals surface area contributed by atoms with Crippen molar-refractivity contribution in [2.24, 2.45) is 5.92 Å². The number of aliphatic hydroxyl groups is 1. The van der Waals surface area contributed by atoms with Gasteiger partial charge < -0.3 is 14.7 Å². The Hall–Kier alpha value is -1.66. The fraction of sp³-hybridized carbons (Fsp3) is 0.500. The third-order valence-corrected chi connectivity index (χ3v) is 3.48. The molecule has 0 spiro atoms. The van der Waals surface area contributed by atoms with E-state index in [1.807, 2.05) is 18.2 Å². The molecule has 0 aromatic heterocycles. The molecule has 0 aliphatic heterocycles. The molecule has 1 N–H and O–H groups in total. The summed E-state index contributed by atoms with van der Waals surface area (Å²) in [5, 5.41) is 10.0. The van der Waals surface area contributed by atoms with E-state index >= 15 is 0 Å². The Balaban J connectivity index is 2.36. The van der Waals surface area contributed by atoms with E-state index in [0.717, 1.165) is 23.7 Å². The first-order valence-electron chi connectivity index (χ1n) is 6.70. The quantitative estimate of drug-likeness (QED) is 0.797. The Labute approximate surface area is 115 Å². The Kier molecular flexibility index (Phi) is 4.34. The fourth-order valence-corrected chi connectivity index (χ4v) is 2.38. The summed E-state index contributed by atoms with van der Waals surface area (Å²) in [6, 6.07) is 5.82. The summed E-state index contributed by atoms with van der Waals surface area (Å²) in [5.74, 6) is 4.16. The number of methoxy groups -OCH3 is 1. The minimum Gasteiger partial charge on any atom is -0.496 e. The molecule has 0 unspecified atom stereocenters. The van der Waals surface area contributed by atoms with Crippen LogP contribution in [-0.2, 0) is 0 Å². The molecule has 0 radical (unpaired) electrons. The monoisotopic (exact) mass is 259 g/mol. The summed E-state index contributed by atoms with van der Waals surface area (Å²) in [5.41, 5.74) is 1.81. The van der Waals surface area contributed by atoms with Gasteiger partial charge in [-0.25, -0.2) is 0 Å². The summed E-state index contributed by atoms with van der Waals surface area (Å²) in [6.45, 7) is 3.27. The number of benzene rings is 1. The molecule has 1 saturated carbocycles. The lowest BCUT2D eigenvalue weighted by atomic mass is 10.1. The average molecular weight is 259 g/mol. The second kappa shape index (κ2) is 5.99. The van der Waals surface area contributed by atoms with Crippen LogP contribution < -0.4 is 9.64 Å². The molecular weight excluding hydrogens is 238 g/mol. The molecule has 1 aliphatic rings. The molecular formula is C16H21NO2. The molecule has 1 aliphatic carbocycles. The zero-order valence-corrected chi connectivity index (χ0v) is 11.6. The third-order valence-electron chi connectivity index (χ3n) is 3.48. The number of terminal acetylenes is 1. The Morgan fingerprint density at radius 2 is 2.26 bits per heavy atom. The molecule has 0 heterocycles. The first-order chi connectivity index (χ1) is 9.17. The molecule has 1 atom stereocenters. The minimum absolute atomic E-state index is 0.559. The maximum absolute atomic E-state index is 10.0. The van der Waals surface area contributed by atoms with Crippen LogP contribution in [0.25, 0.3) is 0 Å². The van der Waals surface area contributed by atoms with Gasteiger partial charge in [0.25, 0.3) is 0 Å². The zero-order chi connectivity index (χ0) is 13.8. The number of aliphatic hydroxyl groups excluding tert-OH is 1. The number of anilines is 1. The molecule has 1 aromatic carbocycles. The van der Waals surface area contributed by atoms with Crippen molar-refractivity contribution in [3.63, 3.8) is 0 Å². The Morgan fingerprint density at radius 3 is 2.79 bits per heavy atom. The van der Waals surface area contributed by atoms with Crippen LogP contribution in [0.1, 0.15) is 31.4 Å². The van der Waals surface area contributed by atoms with Gasteiger partial charge in [-0.2, -0.15) is 0 Å². The SMILES string of the molecule is C#CCN(CC1CC1)c1cccc(OC)c1[C@H](C)O. The maximum atomic E-state index is 10.0. The van der Waals surface area contributed by atoms with E-state index in [1.54, 1.807) is 14.0 Å². The van der Waals surface area contributed by atoms with Gasteiger partial charge in [0.1, 0.15) is 5.75 Å². The number of rotatable bonds is 6. The molecule has 102 valence electrons. The largest absolute Gasteiger partial charge is 0.496 e. The molecule has 1 fully saturated rings. The summed E-state index contributed by atoms with van der Waals surface area (Å²) in [6.07, 6.45) is 7.44. The first kappa shape index (κ1) is 13.8. The van der Waals surface area contributed by atoms with Gasteiger partial charge in [0.15, 0.2) is 0 Å². The summed E-state index contributed by atoms with van der Waals surface area (Å²) < 4.78 is 5.36. The van der Waals surface area contributed by atoms with Gasteiger partial charge in [-0.05, 0) is 37.8 Å². The highest BCUT2D eigenvalue weighted by Gasteiger charge is 2.26. The van der Waals surface area contributed by atoms with Gasteiger partial charge in [0, 0.05) is 17.8 Å². The molecule has 19 heavy (non-hydrogen) atoms. The van der Waals surface area contributed by atoms with E-state index < -0.39 is 6.10 Å². The van der Waals surface area contributed by atoms with Crippen LogP contribution >= 0.6 is 0 Å². The van der Waals surface area contributed by atoms with Crippen LogP contribution in [0.3, 0.4) is 0 Å². The van der Waals surface area contributed by atoms with E-state index in [2.05, 4.69) is 10.8 Å². The number of hydrogen-bond donors (Lipinski definition) is 1. The van der Waals surface area contributed by atoms with E-state index in [-0.39, 0.29) is 0 Å². The first-order valence-corrected chi connectivity index (χ1v) is 6.70. The third kappa shape index (κ3) is 3.21. The summed E-state index contributed by atoms with van der Waals surface area (Å²) in [7, 11) is 1.62. The predicted molar refractivity (Wildman–Crippen MR) is 77.4 cm³/mol. The predicted octanol–water partition coefficient (Wildman–Crippen LogP) is 2.60. The van der Waals surface area contributed by atoms with Gasteiger partial charge >= 0.3 is 0 Å². The summed E-state index contributed by atoms with van der Waals surface area (Å²) in [4.78, 5) is 2.17. The van der Waals surface area contributed by atoms with Crippen molar-refractivity contribution >= 4 is 5.69 Å². The number of hydrogen-bond acceptors (Lipinski definition) is 3. The summed E-state index contributed by atoms with van der Waals surface area (Å²) >= 11 is 0. The van der Waals surface area contributed by atoms with Crippen molar-refractivity contribution in [2.45, 2.75) is 25.9 Å². The second-order valence-electron chi connectivity index (χ2n) is 5.10. The molecule has 0 saturated heterocycles. The van der Waals surface area contributed by atoms with E-state index in [9.17, 15) is 5.11 Å². The van der Waals surface area contributed by atoms with Crippen molar-refractivity contribution in [3.8, 4) is 18.1 Å². The van der Waals surface area contributed by atoms with E-state index in [1.165, 1.54) is 12.8 Å². The second-order valence-corrected chi connectivity index (χ2v) is 5.10. The average Bonchev–Trinajstić information content (AvgIpc) is 3.21. The zero-order valence-electron chi connectivity index (χ0n) is 11.6. The lowest BCUT2D eigenvalue weighted by Crippen LogP contribution is -2.27. The molecule has 0 amide bonds. The van der Waals surface area contributed by atoms with Crippen LogP contribution in [0.5, 0.6) is 5.75 Å². The lowest BCUT2D eigenvalue weighted by Gasteiger charge is -2.27. The van der Waals surface area contributed by atoms with E-state index in [4.69, 9.17) is 11.2 Å². The standard InChI is InChI=1S/C16H21NO2/c1-4-10-17(11-13-8-9-13)14-6-5-7-15(19-3)16(14)12(2)18/h1,5-7,12-13,18H,8-11H2,2-3H3/t12-/m0/s1. The molecule has 3 nitrogen and oxygen atoms in total. The molecule has 0 bridgehead atoms. The number of ether oxygens (including phenoxy) is 1. The van der Waals surface area contributed by atoms with Gasteiger partial charge in [0.05, 0.1) is 19.8 Å². The van der Waals surface area contributed by atoms with Crippen molar-refractivity contribution in [3.05, 3.63) is 23.8 Å². The van der Waals surface area contributed by atoms with Crippen LogP contribution in [0.2, 0.25) is 0 Å². The number of nitrogens with zero attached hydrogens (tertiary/aromatic N) is 1. The highest BCUT2D eigenvalue weighted by molar-refractivity contribution is 5.61.